The third-order valence-corrected chi connectivity index (χ3v) is 9.48. The molecule has 288 valence electrons. The fourth-order valence-corrected chi connectivity index (χ4v) is 6.51. The lowest BCUT2D eigenvalue weighted by Gasteiger charge is -2.39. The van der Waals surface area contributed by atoms with Gasteiger partial charge in [0.15, 0.2) is 0 Å². The molecule has 1 fully saturated rings. The van der Waals surface area contributed by atoms with E-state index in [0.29, 0.717) is 37.2 Å². The van der Waals surface area contributed by atoms with Crippen molar-refractivity contribution < 1.29 is 42.0 Å². The van der Waals surface area contributed by atoms with E-state index in [9.17, 15) is 32.7 Å². The van der Waals surface area contributed by atoms with E-state index in [4.69, 9.17) is 18.9 Å². The SMILES string of the molecule is COc1ccc(C(OC[C@@]2(C=CCCCCCNC(=O)C(F)(F)F)O[C@@H](n3cc(C)c(=O)[nH]c3=O)C[C@@H]2O)(c2ccccc2)c2ccc(OC)cc2)cc1. The number of unbranched alkanes of at least 4 members (excludes halogenated alkanes) is 3. The Balaban J connectivity index is 1.51. The van der Waals surface area contributed by atoms with Crippen LogP contribution in [0.3, 0.4) is 0 Å². The van der Waals surface area contributed by atoms with Crippen molar-refractivity contribution in [1.82, 2.24) is 14.9 Å². The van der Waals surface area contributed by atoms with Gasteiger partial charge in [0.1, 0.15) is 28.9 Å². The minimum absolute atomic E-state index is 0.0125. The quantitative estimate of drug-likeness (QED) is 0.0755. The number of H-pyrrole nitrogens is 1. The highest BCUT2D eigenvalue weighted by molar-refractivity contribution is 5.81. The molecular weight excluding hydrogens is 707 g/mol. The zero-order valence-corrected chi connectivity index (χ0v) is 30.2. The summed E-state index contributed by atoms with van der Waals surface area (Å²) in [5, 5.41) is 13.7. The maximum absolute atomic E-state index is 12.9. The van der Waals surface area contributed by atoms with Gasteiger partial charge in [-0.05, 0) is 67.1 Å². The molecule has 0 bridgehead atoms. The van der Waals surface area contributed by atoms with Gasteiger partial charge in [-0.15, -0.1) is 0 Å². The lowest BCUT2D eigenvalue weighted by Crippen LogP contribution is -2.46. The Labute approximate surface area is 310 Å². The van der Waals surface area contributed by atoms with Crippen LogP contribution in [0.1, 0.15) is 60.6 Å². The molecule has 3 N–H and O–H groups in total. The monoisotopic (exact) mass is 751 g/mol. The average Bonchev–Trinajstić information content (AvgIpc) is 3.49. The molecule has 54 heavy (non-hydrogen) atoms. The number of halogens is 3. The average molecular weight is 752 g/mol. The van der Waals surface area contributed by atoms with Crippen molar-refractivity contribution in [1.29, 1.82) is 0 Å². The molecule has 1 aliphatic rings. The van der Waals surface area contributed by atoms with Crippen LogP contribution in [-0.4, -0.2) is 65.8 Å². The highest BCUT2D eigenvalue weighted by Gasteiger charge is 2.50. The molecule has 1 saturated heterocycles. The molecule has 11 nitrogen and oxygen atoms in total. The molecule has 3 aromatic carbocycles. The summed E-state index contributed by atoms with van der Waals surface area (Å²) in [5.41, 5.74) is -1.47. The number of amides is 1. The van der Waals surface area contributed by atoms with Crippen LogP contribution in [0.25, 0.3) is 0 Å². The van der Waals surface area contributed by atoms with Crippen molar-refractivity contribution in [2.24, 2.45) is 0 Å². The molecule has 1 aliphatic heterocycles. The third-order valence-electron chi connectivity index (χ3n) is 9.48. The highest BCUT2D eigenvalue weighted by Crippen LogP contribution is 2.45. The topological polar surface area (TPSA) is 141 Å². The molecule has 1 aromatic heterocycles. The first-order valence-corrected chi connectivity index (χ1v) is 17.5. The summed E-state index contributed by atoms with van der Waals surface area (Å²) in [6.07, 6.45) is -0.318. The number of aliphatic hydroxyl groups is 1. The molecular formula is C40H44F3N3O8. The van der Waals surface area contributed by atoms with Crippen molar-refractivity contribution in [3.05, 3.63) is 140 Å². The van der Waals surface area contributed by atoms with Gasteiger partial charge >= 0.3 is 17.8 Å². The number of carbonyl (C=O) groups is 1. The number of aromatic amines is 1. The van der Waals surface area contributed by atoms with E-state index in [1.165, 1.54) is 10.8 Å². The van der Waals surface area contributed by atoms with Gasteiger partial charge in [0.2, 0.25) is 0 Å². The fourth-order valence-electron chi connectivity index (χ4n) is 6.51. The number of hydrogen-bond acceptors (Lipinski definition) is 8. The number of methoxy groups -OCH3 is 2. The Hall–Kier alpha value is -5.18. The summed E-state index contributed by atoms with van der Waals surface area (Å²) in [5.74, 6) is -0.702. The number of rotatable bonds is 16. The van der Waals surface area contributed by atoms with Gasteiger partial charge in [0.25, 0.3) is 5.56 Å². The van der Waals surface area contributed by atoms with Gasteiger partial charge in [-0.2, -0.15) is 13.2 Å². The van der Waals surface area contributed by atoms with Crippen LogP contribution in [0.4, 0.5) is 13.2 Å². The molecule has 5 rings (SSSR count). The van der Waals surface area contributed by atoms with Gasteiger partial charge in [-0.1, -0.05) is 73.2 Å². The Morgan fingerprint density at radius 3 is 2.11 bits per heavy atom. The first-order chi connectivity index (χ1) is 25.8. The van der Waals surface area contributed by atoms with Crippen molar-refractivity contribution in [3.63, 3.8) is 0 Å². The van der Waals surface area contributed by atoms with E-state index >= 15 is 0 Å². The minimum Gasteiger partial charge on any atom is -0.497 e. The molecule has 0 radical (unpaired) electrons. The summed E-state index contributed by atoms with van der Waals surface area (Å²) in [4.78, 5) is 38.5. The van der Waals surface area contributed by atoms with Gasteiger partial charge in [-0.3, -0.25) is 19.1 Å². The predicted octanol–water partition coefficient (Wildman–Crippen LogP) is 5.68. The first kappa shape index (κ1) is 40.0. The van der Waals surface area contributed by atoms with Crippen LogP contribution in [0.15, 0.2) is 107 Å². The predicted molar refractivity (Wildman–Crippen MR) is 194 cm³/mol. The summed E-state index contributed by atoms with van der Waals surface area (Å²) < 4.78 is 63.4. The van der Waals surface area contributed by atoms with Crippen molar-refractivity contribution in [3.8, 4) is 11.5 Å². The number of allylic oxidation sites excluding steroid dienone is 1. The maximum atomic E-state index is 12.9. The number of benzene rings is 3. The van der Waals surface area contributed by atoms with Gasteiger partial charge < -0.3 is 29.4 Å². The first-order valence-electron chi connectivity index (χ1n) is 17.5. The molecule has 0 unspecified atom stereocenters. The summed E-state index contributed by atoms with van der Waals surface area (Å²) >= 11 is 0. The van der Waals surface area contributed by atoms with E-state index in [-0.39, 0.29) is 25.1 Å². The number of nitrogens with one attached hydrogen (secondary N) is 2. The van der Waals surface area contributed by atoms with Crippen molar-refractivity contribution in [2.45, 2.75) is 68.7 Å². The molecule has 0 spiro atoms. The van der Waals surface area contributed by atoms with Gasteiger partial charge in [0, 0.05) is 24.7 Å². The van der Waals surface area contributed by atoms with E-state index in [2.05, 4.69) is 4.98 Å². The molecule has 0 aliphatic carbocycles. The van der Waals surface area contributed by atoms with Crippen LogP contribution in [-0.2, 0) is 19.9 Å². The minimum atomic E-state index is -4.93. The van der Waals surface area contributed by atoms with E-state index in [1.807, 2.05) is 84.2 Å². The smallest absolute Gasteiger partial charge is 0.471 e. The molecule has 3 atom stereocenters. The number of alkyl halides is 3. The van der Waals surface area contributed by atoms with Crippen LogP contribution in [0.5, 0.6) is 11.5 Å². The van der Waals surface area contributed by atoms with Gasteiger partial charge in [-0.25, -0.2) is 4.79 Å². The number of aromatic nitrogens is 2. The Morgan fingerprint density at radius 1 is 0.944 bits per heavy atom. The Morgan fingerprint density at radius 2 is 1.54 bits per heavy atom. The lowest BCUT2D eigenvalue weighted by atomic mass is 9.79. The summed E-state index contributed by atoms with van der Waals surface area (Å²) in [7, 11) is 3.15. The highest BCUT2D eigenvalue weighted by atomic mass is 19.4. The number of aliphatic hydroxyl groups excluding tert-OH is 1. The lowest BCUT2D eigenvalue weighted by molar-refractivity contribution is -0.173. The summed E-state index contributed by atoms with van der Waals surface area (Å²) in [6, 6.07) is 24.4. The van der Waals surface area contributed by atoms with E-state index in [0.717, 1.165) is 16.7 Å². The van der Waals surface area contributed by atoms with Crippen LogP contribution >= 0.6 is 0 Å². The second kappa shape index (κ2) is 17.3. The zero-order valence-electron chi connectivity index (χ0n) is 30.2. The molecule has 4 aromatic rings. The number of ether oxygens (including phenoxy) is 4. The molecule has 0 saturated carbocycles. The zero-order chi connectivity index (χ0) is 38.9. The third kappa shape index (κ3) is 8.95. The van der Waals surface area contributed by atoms with E-state index in [1.54, 1.807) is 33.3 Å². The summed E-state index contributed by atoms with van der Waals surface area (Å²) in [6.45, 7) is 1.23. The second-order valence-corrected chi connectivity index (χ2v) is 13.1. The number of aryl methyl sites for hydroxylation is 1. The fraction of sp³-hybridized carbons (Fsp3) is 0.375. The molecule has 2 heterocycles. The number of carbonyl (C=O) groups excluding carboxylic acids is 1. The van der Waals surface area contributed by atoms with Crippen molar-refractivity contribution in [2.75, 3.05) is 27.4 Å². The second-order valence-electron chi connectivity index (χ2n) is 13.1. The number of hydrogen-bond donors (Lipinski definition) is 3. The maximum Gasteiger partial charge on any atom is 0.471 e. The van der Waals surface area contributed by atoms with E-state index < -0.39 is 46.9 Å². The molecule has 1 amide bonds. The van der Waals surface area contributed by atoms with Crippen LogP contribution < -0.4 is 26.0 Å². The Bertz CT molecular complexity index is 1950. The van der Waals surface area contributed by atoms with Gasteiger partial charge in [0.05, 0.1) is 26.9 Å². The van der Waals surface area contributed by atoms with Crippen LogP contribution in [0.2, 0.25) is 0 Å². The normalized spacial score (nSPS) is 18.9. The number of nitrogens with zero attached hydrogens (tertiary/aromatic N) is 1. The largest absolute Gasteiger partial charge is 0.497 e. The standard InChI is InChI=1S/C40H44F3N3O8/c1-27-25-46(37(50)45-35(27)48)34-24-33(47)38(54-34,22-10-5-4-6-11-23-44-36(49)40(41,42)43)26-53-39(28-12-8-7-9-13-28,29-14-18-31(51-2)19-15-29)30-16-20-32(52-3)21-17-30/h7-10,12-22,25,33-34,47H,4-6,11,23-24,26H2,1-3H3,(H,44,49)(H,45,48,50)/t33-,34+,38+/m0/s1. The van der Waals surface area contributed by atoms with Crippen LogP contribution in [0, 0.1) is 6.92 Å². The Kier molecular flexibility index (Phi) is 12.8. The van der Waals surface area contributed by atoms with Crippen molar-refractivity contribution >= 4 is 5.91 Å². The molecule has 14 heteroatoms.